The second-order valence-electron chi connectivity index (χ2n) is 9.84. The molecule has 0 N–H and O–H groups in total. The van der Waals surface area contributed by atoms with Crippen LogP contribution in [-0.2, 0) is 19.1 Å². The van der Waals surface area contributed by atoms with E-state index in [0.29, 0.717) is 37.0 Å². The first-order valence-electron chi connectivity index (χ1n) is 10.6. The van der Waals surface area contributed by atoms with Crippen LogP contribution in [0.4, 0.5) is 0 Å². The maximum absolute atomic E-state index is 12.8. The second-order valence-corrected chi connectivity index (χ2v) is 9.84. The lowest BCUT2D eigenvalue weighted by molar-refractivity contribution is -0.180. The van der Waals surface area contributed by atoms with E-state index in [-0.39, 0.29) is 28.4 Å². The van der Waals surface area contributed by atoms with Gasteiger partial charge >= 0.3 is 5.97 Å². The number of Topliss-reactive ketones (excluding diaryl/α,β-unsaturated/α-hetero) is 1. The fraction of sp³-hybridized carbons (Fsp3) is 0.783. The minimum absolute atomic E-state index is 0.00712. The van der Waals surface area contributed by atoms with Crippen LogP contribution in [-0.4, -0.2) is 23.1 Å². The number of carbonyl (C=O) groups excluding carboxylic acids is 3. The van der Waals surface area contributed by atoms with Crippen LogP contribution in [0, 0.1) is 28.6 Å². The van der Waals surface area contributed by atoms with Crippen LogP contribution in [0.15, 0.2) is 11.6 Å². The molecule has 0 aromatic carbocycles. The van der Waals surface area contributed by atoms with Gasteiger partial charge in [-0.15, -0.1) is 0 Å². The first kappa shape index (κ1) is 18.9. The first-order valence-corrected chi connectivity index (χ1v) is 10.6. The van der Waals surface area contributed by atoms with E-state index >= 15 is 0 Å². The Labute approximate surface area is 162 Å². The Bertz CT molecular complexity index is 737. The number of hydrogen-bond donors (Lipinski definition) is 0. The van der Waals surface area contributed by atoms with Crippen LogP contribution < -0.4 is 0 Å². The highest BCUT2D eigenvalue weighted by molar-refractivity contribution is 5.92. The molecule has 148 valence electrons. The molecule has 0 bridgehead atoms. The largest absolute Gasteiger partial charge is 0.450 e. The molecule has 0 heterocycles. The molecule has 3 saturated carbocycles. The van der Waals surface area contributed by atoms with Gasteiger partial charge in [0.1, 0.15) is 0 Å². The molecule has 4 aliphatic rings. The quantitative estimate of drug-likeness (QED) is 0.689. The highest BCUT2D eigenvalue weighted by Crippen LogP contribution is 2.71. The second kappa shape index (κ2) is 6.02. The van der Waals surface area contributed by atoms with Crippen LogP contribution in [0.2, 0.25) is 0 Å². The average Bonchev–Trinajstić information content (AvgIpc) is 3.07. The Morgan fingerprint density at radius 2 is 1.89 bits per heavy atom. The smallest absolute Gasteiger partial charge is 0.306 e. The molecule has 0 aromatic heterocycles. The van der Waals surface area contributed by atoms with Crippen LogP contribution in [0.25, 0.3) is 0 Å². The molecule has 0 spiro atoms. The molecular weight excluding hydrogens is 340 g/mol. The first-order chi connectivity index (χ1) is 12.7. The molecule has 4 nitrogen and oxygen atoms in total. The van der Waals surface area contributed by atoms with Crippen LogP contribution in [0.5, 0.6) is 0 Å². The zero-order valence-corrected chi connectivity index (χ0v) is 17.1. The summed E-state index contributed by atoms with van der Waals surface area (Å²) < 4.78 is 5.96. The molecule has 0 aliphatic heterocycles. The molecule has 4 heteroatoms. The van der Waals surface area contributed by atoms with Crippen LogP contribution in [0.1, 0.15) is 79.1 Å². The van der Waals surface area contributed by atoms with Gasteiger partial charge in [0.25, 0.3) is 0 Å². The van der Waals surface area contributed by atoms with E-state index in [1.54, 1.807) is 13.8 Å². The topological polar surface area (TPSA) is 60.4 Å². The zero-order valence-electron chi connectivity index (χ0n) is 17.1. The number of carbonyl (C=O) groups is 3. The minimum atomic E-state index is -0.965. The molecule has 6 atom stereocenters. The Kier molecular flexibility index (Phi) is 4.21. The van der Waals surface area contributed by atoms with Gasteiger partial charge < -0.3 is 4.74 Å². The standard InChI is InChI=1S/C23H32O4/c1-5-20(26)27-23(14(2)24)11-9-18-17-7-6-15-12-16(25)8-10-21(15,3)19(17)13-22(18,23)4/h12,17-19H,5-11,13H2,1-4H3/t17-,18-,19-,21-,22-,23-/m0/s1. The lowest BCUT2D eigenvalue weighted by atomic mass is 9.56. The Balaban J connectivity index is 1.74. The van der Waals surface area contributed by atoms with Gasteiger partial charge in [-0.3, -0.25) is 14.4 Å². The number of ketones is 2. The molecule has 0 aromatic rings. The summed E-state index contributed by atoms with van der Waals surface area (Å²) in [4.78, 5) is 37.1. The maximum atomic E-state index is 12.8. The van der Waals surface area contributed by atoms with Gasteiger partial charge in [-0.25, -0.2) is 0 Å². The predicted molar refractivity (Wildman–Crippen MR) is 102 cm³/mol. The summed E-state index contributed by atoms with van der Waals surface area (Å²) in [6.07, 6.45) is 8.39. The molecular formula is C23H32O4. The number of allylic oxidation sites excluding steroid dienone is 2. The number of esters is 1. The van der Waals surface area contributed by atoms with E-state index in [1.807, 2.05) is 6.08 Å². The van der Waals surface area contributed by atoms with Crippen molar-refractivity contribution >= 4 is 17.5 Å². The van der Waals surface area contributed by atoms with E-state index in [2.05, 4.69) is 13.8 Å². The van der Waals surface area contributed by atoms with E-state index in [1.165, 1.54) is 5.57 Å². The summed E-state index contributed by atoms with van der Waals surface area (Å²) >= 11 is 0. The van der Waals surface area contributed by atoms with Gasteiger partial charge in [-0.05, 0) is 74.7 Å². The fourth-order valence-electron chi connectivity index (χ4n) is 7.42. The molecule has 27 heavy (non-hydrogen) atoms. The highest BCUT2D eigenvalue weighted by atomic mass is 16.6. The lowest BCUT2D eigenvalue weighted by Gasteiger charge is -2.48. The zero-order chi connectivity index (χ0) is 19.6. The monoisotopic (exact) mass is 372 g/mol. The van der Waals surface area contributed by atoms with Gasteiger partial charge in [0.2, 0.25) is 0 Å². The van der Waals surface area contributed by atoms with Crippen molar-refractivity contribution in [2.75, 3.05) is 0 Å². The van der Waals surface area contributed by atoms with Crippen molar-refractivity contribution in [1.82, 2.24) is 0 Å². The van der Waals surface area contributed by atoms with Crippen molar-refractivity contribution in [3.63, 3.8) is 0 Å². The normalized spacial score (nSPS) is 45.6. The third-order valence-corrected chi connectivity index (χ3v) is 8.90. The molecule has 0 saturated heterocycles. The van der Waals surface area contributed by atoms with Crippen molar-refractivity contribution in [1.29, 1.82) is 0 Å². The Morgan fingerprint density at radius 3 is 2.56 bits per heavy atom. The molecule has 4 rings (SSSR count). The maximum Gasteiger partial charge on any atom is 0.306 e. The van der Waals surface area contributed by atoms with E-state index in [0.717, 1.165) is 32.1 Å². The molecule has 3 fully saturated rings. The van der Waals surface area contributed by atoms with E-state index < -0.39 is 5.60 Å². The van der Waals surface area contributed by atoms with Crippen molar-refractivity contribution < 1.29 is 19.1 Å². The fourth-order valence-corrected chi connectivity index (χ4v) is 7.42. The third kappa shape index (κ3) is 2.37. The van der Waals surface area contributed by atoms with Crippen molar-refractivity contribution in [2.45, 2.75) is 84.7 Å². The summed E-state index contributed by atoms with van der Waals surface area (Å²) in [5, 5.41) is 0. The molecule has 0 radical (unpaired) electrons. The molecule has 4 aliphatic carbocycles. The van der Waals surface area contributed by atoms with Gasteiger partial charge in [-0.1, -0.05) is 26.3 Å². The SMILES string of the molecule is CCC(=O)O[C@]1(C(C)=O)CC[C@H]2[C@@H]3CCC4=CC(=O)CC[C@]4(C)[C@H]3C[C@@]21C. The van der Waals surface area contributed by atoms with Crippen LogP contribution >= 0.6 is 0 Å². The highest BCUT2D eigenvalue weighted by Gasteiger charge is 2.70. The minimum Gasteiger partial charge on any atom is -0.450 e. The van der Waals surface area contributed by atoms with Gasteiger partial charge in [-0.2, -0.15) is 0 Å². The van der Waals surface area contributed by atoms with Gasteiger partial charge in [0, 0.05) is 18.3 Å². The average molecular weight is 373 g/mol. The number of rotatable bonds is 3. The number of ether oxygens (including phenoxy) is 1. The number of fused-ring (bicyclic) bond motifs is 5. The summed E-state index contributed by atoms with van der Waals surface area (Å²) in [7, 11) is 0. The summed E-state index contributed by atoms with van der Waals surface area (Å²) in [5.41, 5.74) is 0.121. The van der Waals surface area contributed by atoms with Crippen molar-refractivity contribution in [3.05, 3.63) is 11.6 Å². The Hall–Kier alpha value is -1.45. The van der Waals surface area contributed by atoms with E-state index in [4.69, 9.17) is 4.74 Å². The van der Waals surface area contributed by atoms with Crippen LogP contribution in [0.3, 0.4) is 0 Å². The lowest BCUT2D eigenvalue weighted by Crippen LogP contribution is -2.52. The third-order valence-electron chi connectivity index (χ3n) is 8.90. The van der Waals surface area contributed by atoms with Crippen molar-refractivity contribution in [2.24, 2.45) is 28.6 Å². The summed E-state index contributed by atoms with van der Waals surface area (Å²) in [6.45, 7) is 7.93. The Morgan fingerprint density at radius 1 is 1.15 bits per heavy atom. The van der Waals surface area contributed by atoms with Gasteiger partial charge in [0.05, 0.1) is 0 Å². The van der Waals surface area contributed by atoms with Crippen molar-refractivity contribution in [3.8, 4) is 0 Å². The van der Waals surface area contributed by atoms with Gasteiger partial charge in [0.15, 0.2) is 17.2 Å². The number of hydrogen-bond acceptors (Lipinski definition) is 4. The van der Waals surface area contributed by atoms with E-state index in [9.17, 15) is 14.4 Å². The summed E-state index contributed by atoms with van der Waals surface area (Å²) in [6, 6.07) is 0. The molecule has 0 unspecified atom stereocenters. The summed E-state index contributed by atoms with van der Waals surface area (Å²) in [5.74, 6) is 1.46. The molecule has 0 amide bonds. The predicted octanol–water partition coefficient (Wildman–Crippen LogP) is 4.41.